The fourth-order valence-electron chi connectivity index (χ4n) is 3.15. The number of nitrogens with zero attached hydrogens (tertiary/aromatic N) is 1. The fraction of sp³-hybridized carbons (Fsp3) is 0.350. The normalized spacial score (nSPS) is 17.9. The van der Waals surface area contributed by atoms with Gasteiger partial charge in [-0.15, -0.1) is 0 Å². The number of hydrogen-bond donors (Lipinski definition) is 1. The number of rotatable bonds is 6. The number of piperidine rings is 1. The molecule has 1 atom stereocenters. The first-order chi connectivity index (χ1) is 13.4. The lowest BCUT2D eigenvalue weighted by molar-refractivity contribution is -0.118. The van der Waals surface area contributed by atoms with Crippen LogP contribution >= 0.6 is 0 Å². The number of hydrogen-bond acceptors (Lipinski definition) is 4. The Labute approximate surface area is 164 Å². The Bertz CT molecular complexity index is 914. The van der Waals surface area contributed by atoms with Gasteiger partial charge < -0.3 is 10.1 Å². The van der Waals surface area contributed by atoms with Crippen LogP contribution in [0.15, 0.2) is 53.4 Å². The van der Waals surface area contributed by atoms with Crippen LogP contribution in [0.3, 0.4) is 0 Å². The van der Waals surface area contributed by atoms with Gasteiger partial charge in [0.05, 0.1) is 4.90 Å². The van der Waals surface area contributed by atoms with E-state index >= 15 is 0 Å². The number of carbonyl (C=O) groups is 1. The summed E-state index contributed by atoms with van der Waals surface area (Å²) in [5, 5.41) is 2.64. The van der Waals surface area contributed by atoms with E-state index in [1.54, 1.807) is 16.4 Å². The fourth-order valence-corrected chi connectivity index (χ4v) is 4.85. The Kier molecular flexibility index (Phi) is 6.31. The zero-order valence-electron chi connectivity index (χ0n) is 15.6. The number of amides is 1. The second-order valence-corrected chi connectivity index (χ2v) is 8.67. The van der Waals surface area contributed by atoms with Crippen molar-refractivity contribution in [3.63, 3.8) is 0 Å². The summed E-state index contributed by atoms with van der Waals surface area (Å²) >= 11 is 0. The predicted octanol–water partition coefficient (Wildman–Crippen LogP) is 3.41. The van der Waals surface area contributed by atoms with Crippen molar-refractivity contribution in [2.45, 2.75) is 37.1 Å². The molecule has 1 amide bonds. The summed E-state index contributed by atoms with van der Waals surface area (Å²) in [6.07, 6.45) is 2.77. The lowest BCUT2D eigenvalue weighted by Gasteiger charge is -2.32. The van der Waals surface area contributed by atoms with E-state index < -0.39 is 15.9 Å². The number of nitrogens with one attached hydrogen (secondary N) is 1. The van der Waals surface area contributed by atoms with Crippen molar-refractivity contribution in [2.24, 2.45) is 0 Å². The highest BCUT2D eigenvalue weighted by Crippen LogP contribution is 2.25. The standard InChI is InChI=1S/C20H23FN2O4S/c1-15-4-2-3-13-23(15)28(25,26)19-11-7-17(8-12-19)22-20(24)14-27-18-9-5-16(21)6-10-18/h5-12,15H,2-4,13-14H2,1H3,(H,22,24). The van der Waals surface area contributed by atoms with Gasteiger partial charge in [0.1, 0.15) is 11.6 Å². The third-order valence-corrected chi connectivity index (χ3v) is 6.70. The minimum atomic E-state index is -3.54. The summed E-state index contributed by atoms with van der Waals surface area (Å²) in [7, 11) is -3.54. The smallest absolute Gasteiger partial charge is 0.262 e. The molecule has 28 heavy (non-hydrogen) atoms. The third-order valence-electron chi connectivity index (χ3n) is 4.67. The maximum Gasteiger partial charge on any atom is 0.262 e. The Balaban J connectivity index is 1.59. The minimum Gasteiger partial charge on any atom is -0.484 e. The molecule has 0 bridgehead atoms. The maximum absolute atomic E-state index is 12.8. The third kappa shape index (κ3) is 4.88. The number of carbonyl (C=O) groups excluding carboxylic acids is 1. The molecule has 1 N–H and O–H groups in total. The average molecular weight is 406 g/mol. The molecule has 3 rings (SSSR count). The Hall–Kier alpha value is -2.45. The van der Waals surface area contributed by atoms with Gasteiger partial charge in [0, 0.05) is 18.3 Å². The van der Waals surface area contributed by atoms with Crippen molar-refractivity contribution in [2.75, 3.05) is 18.5 Å². The van der Waals surface area contributed by atoms with Crippen molar-refractivity contribution in [3.8, 4) is 5.75 Å². The average Bonchev–Trinajstić information content (AvgIpc) is 2.68. The lowest BCUT2D eigenvalue weighted by atomic mass is 10.1. The van der Waals surface area contributed by atoms with E-state index in [9.17, 15) is 17.6 Å². The quantitative estimate of drug-likeness (QED) is 0.798. The van der Waals surface area contributed by atoms with Crippen molar-refractivity contribution >= 4 is 21.6 Å². The lowest BCUT2D eigenvalue weighted by Crippen LogP contribution is -2.41. The molecule has 8 heteroatoms. The van der Waals surface area contributed by atoms with Gasteiger partial charge in [-0.25, -0.2) is 12.8 Å². The summed E-state index contributed by atoms with van der Waals surface area (Å²) in [5.41, 5.74) is 0.471. The molecule has 1 aliphatic rings. The summed E-state index contributed by atoms with van der Waals surface area (Å²) in [6, 6.07) is 11.4. The maximum atomic E-state index is 12.8. The SMILES string of the molecule is CC1CCCCN1S(=O)(=O)c1ccc(NC(=O)COc2ccc(F)cc2)cc1. The number of sulfonamides is 1. The topological polar surface area (TPSA) is 75.7 Å². The Morgan fingerprint density at radius 1 is 1.14 bits per heavy atom. The van der Waals surface area contributed by atoms with E-state index in [2.05, 4.69) is 5.32 Å². The van der Waals surface area contributed by atoms with Crippen LogP contribution in [0.1, 0.15) is 26.2 Å². The van der Waals surface area contributed by atoms with Gasteiger partial charge >= 0.3 is 0 Å². The molecular weight excluding hydrogens is 383 g/mol. The molecule has 0 aromatic heterocycles. The van der Waals surface area contributed by atoms with E-state index in [4.69, 9.17) is 4.74 Å². The second kappa shape index (κ2) is 8.70. The second-order valence-electron chi connectivity index (χ2n) is 6.78. The zero-order valence-corrected chi connectivity index (χ0v) is 16.4. The summed E-state index contributed by atoms with van der Waals surface area (Å²) < 4.78 is 45.3. The van der Waals surface area contributed by atoms with E-state index in [0.29, 0.717) is 18.0 Å². The first-order valence-corrected chi connectivity index (χ1v) is 10.6. The van der Waals surface area contributed by atoms with Crippen LogP contribution < -0.4 is 10.1 Å². The largest absolute Gasteiger partial charge is 0.484 e. The van der Waals surface area contributed by atoms with Gasteiger partial charge in [0.15, 0.2) is 6.61 Å². The summed E-state index contributed by atoms with van der Waals surface area (Å²) in [5.74, 6) is -0.399. The zero-order chi connectivity index (χ0) is 20.1. The molecule has 0 radical (unpaired) electrons. The van der Waals surface area contributed by atoms with Gasteiger partial charge in [-0.05, 0) is 68.3 Å². The van der Waals surface area contributed by atoms with Crippen LogP contribution in [0, 0.1) is 5.82 Å². The molecule has 1 fully saturated rings. The molecular formula is C20H23FN2O4S. The number of ether oxygens (including phenoxy) is 1. The van der Waals surface area contributed by atoms with Crippen LogP contribution in [0.2, 0.25) is 0 Å². The van der Waals surface area contributed by atoms with Crippen LogP contribution in [-0.4, -0.2) is 37.8 Å². The molecule has 6 nitrogen and oxygen atoms in total. The first-order valence-electron chi connectivity index (χ1n) is 9.16. The Morgan fingerprint density at radius 3 is 2.46 bits per heavy atom. The monoisotopic (exact) mass is 406 g/mol. The molecule has 2 aromatic rings. The molecule has 0 saturated carbocycles. The van der Waals surface area contributed by atoms with E-state index in [1.165, 1.54) is 36.4 Å². The van der Waals surface area contributed by atoms with Crippen molar-refractivity contribution in [1.29, 1.82) is 0 Å². The molecule has 1 aliphatic heterocycles. The van der Waals surface area contributed by atoms with Crippen LogP contribution in [0.5, 0.6) is 5.75 Å². The summed E-state index contributed by atoms with van der Waals surface area (Å²) in [6.45, 7) is 2.21. The van der Waals surface area contributed by atoms with E-state index in [0.717, 1.165) is 19.3 Å². The van der Waals surface area contributed by atoms with Crippen molar-refractivity contribution in [3.05, 3.63) is 54.3 Å². The molecule has 150 valence electrons. The van der Waals surface area contributed by atoms with Gasteiger partial charge in [-0.3, -0.25) is 4.79 Å². The highest BCUT2D eigenvalue weighted by Gasteiger charge is 2.30. The van der Waals surface area contributed by atoms with Crippen LogP contribution in [0.4, 0.5) is 10.1 Å². The number of benzene rings is 2. The van der Waals surface area contributed by atoms with Crippen molar-refractivity contribution in [1.82, 2.24) is 4.31 Å². The molecule has 2 aromatic carbocycles. The summed E-state index contributed by atoms with van der Waals surface area (Å²) in [4.78, 5) is 12.2. The number of anilines is 1. The number of halogens is 1. The van der Waals surface area contributed by atoms with E-state index in [1.807, 2.05) is 6.92 Å². The Morgan fingerprint density at radius 2 is 1.82 bits per heavy atom. The molecule has 1 saturated heterocycles. The van der Waals surface area contributed by atoms with Gasteiger partial charge in [0.25, 0.3) is 5.91 Å². The molecule has 1 heterocycles. The molecule has 1 unspecified atom stereocenters. The van der Waals surface area contributed by atoms with Gasteiger partial charge in [0.2, 0.25) is 10.0 Å². The van der Waals surface area contributed by atoms with Crippen LogP contribution in [-0.2, 0) is 14.8 Å². The molecule has 0 aliphatic carbocycles. The van der Waals surface area contributed by atoms with E-state index in [-0.39, 0.29) is 23.4 Å². The first kappa shape index (κ1) is 20.3. The predicted molar refractivity (Wildman–Crippen MR) is 104 cm³/mol. The van der Waals surface area contributed by atoms with Crippen molar-refractivity contribution < 1.29 is 22.3 Å². The van der Waals surface area contributed by atoms with Gasteiger partial charge in [-0.2, -0.15) is 4.31 Å². The highest BCUT2D eigenvalue weighted by molar-refractivity contribution is 7.89. The minimum absolute atomic E-state index is 0.0123. The highest BCUT2D eigenvalue weighted by atomic mass is 32.2. The van der Waals surface area contributed by atoms with Crippen LogP contribution in [0.25, 0.3) is 0 Å². The van der Waals surface area contributed by atoms with Gasteiger partial charge in [-0.1, -0.05) is 6.42 Å². The molecule has 0 spiro atoms.